The fourth-order valence-corrected chi connectivity index (χ4v) is 13.4. The first kappa shape index (κ1) is 93.3. The minimum absolute atomic E-state index is 0.827. The van der Waals surface area contributed by atoms with Crippen LogP contribution in [0.4, 0.5) is 0 Å². The van der Waals surface area contributed by atoms with E-state index in [1.165, 1.54) is 260 Å². The fourth-order valence-electron chi connectivity index (χ4n) is 13.4. The third-order valence-corrected chi connectivity index (χ3v) is 20.8. The molecule has 0 spiro atoms. The van der Waals surface area contributed by atoms with Gasteiger partial charge in [0.1, 0.15) is 23.0 Å². The molecule has 0 aliphatic carbocycles. The van der Waals surface area contributed by atoms with Gasteiger partial charge in [-0.05, 0) is 246 Å². The normalized spacial score (nSPS) is 10.9. The lowest BCUT2D eigenvalue weighted by molar-refractivity contribution is 0.304. The molecular weight excluding hydrogens is 1350 g/mol. The highest BCUT2D eigenvalue weighted by molar-refractivity contribution is 5.32. The smallest absolute Gasteiger partial charge is 0.119 e. The Labute approximate surface area is 672 Å². The van der Waals surface area contributed by atoms with Gasteiger partial charge in [0, 0.05) is 47.6 Å². The van der Waals surface area contributed by atoms with Gasteiger partial charge in [-0.15, -0.1) is 0 Å². The van der Waals surface area contributed by atoms with E-state index >= 15 is 0 Å². The number of benzene rings is 4. The van der Waals surface area contributed by atoms with Crippen LogP contribution in [-0.2, 0) is 77.0 Å². The summed E-state index contributed by atoms with van der Waals surface area (Å²) in [4.78, 5) is 18.6. The van der Waals surface area contributed by atoms with Crippen molar-refractivity contribution in [3.8, 4) is 23.0 Å². The number of unbranched alkanes of at least 4 members (excludes halogenated alkanes) is 26. The highest BCUT2D eigenvalue weighted by atomic mass is 16.5. The number of pyridine rings is 4. The molecule has 8 heteroatoms. The molecule has 8 nitrogen and oxygen atoms in total. The van der Waals surface area contributed by atoms with Crippen molar-refractivity contribution in [1.82, 2.24) is 19.9 Å². The average molecular weight is 1500 g/mol. The first-order chi connectivity index (χ1) is 54.3. The Morgan fingerprint density at radius 2 is 0.336 bits per heavy atom. The molecule has 8 rings (SSSR count). The third-order valence-electron chi connectivity index (χ3n) is 20.8. The maximum Gasteiger partial charge on any atom is 0.119 e. The summed E-state index contributed by atoms with van der Waals surface area (Å²) < 4.78 is 23.4. The zero-order valence-corrected chi connectivity index (χ0v) is 70.9. The molecule has 110 heavy (non-hydrogen) atoms. The lowest BCUT2D eigenvalue weighted by atomic mass is 10.1. The summed E-state index contributed by atoms with van der Waals surface area (Å²) in [7, 11) is 0. The second kappa shape index (κ2) is 64.2. The quantitative estimate of drug-likeness (QED) is 0.0349. The van der Waals surface area contributed by atoms with E-state index in [9.17, 15) is 0 Å². The zero-order chi connectivity index (χ0) is 78.0. The molecule has 0 aliphatic rings. The van der Waals surface area contributed by atoms with Gasteiger partial charge in [-0.3, -0.25) is 19.9 Å². The molecule has 0 radical (unpaired) electrons. The average Bonchev–Trinajstić information content (AvgIpc) is 0.897. The molecule has 0 aliphatic heterocycles. The van der Waals surface area contributed by atoms with E-state index in [0.717, 1.165) is 152 Å². The van der Waals surface area contributed by atoms with Crippen LogP contribution in [0.1, 0.15) is 341 Å². The Balaban J connectivity index is 0.000000263. The van der Waals surface area contributed by atoms with Crippen molar-refractivity contribution in [2.75, 3.05) is 26.4 Å². The van der Waals surface area contributed by atoms with Crippen LogP contribution >= 0.6 is 0 Å². The van der Waals surface area contributed by atoms with E-state index in [2.05, 4.69) is 246 Å². The monoisotopic (exact) mass is 1500 g/mol. The molecule has 8 aromatic rings. The molecule has 0 saturated heterocycles. The fraction of sp³-hybridized carbons (Fsp3) is 0.569. The van der Waals surface area contributed by atoms with Crippen LogP contribution in [0, 0.1) is 0 Å². The van der Waals surface area contributed by atoms with Crippen LogP contribution in [0.25, 0.3) is 0 Å². The van der Waals surface area contributed by atoms with Gasteiger partial charge in [-0.25, -0.2) is 0 Å². The number of ether oxygens (including phenoxy) is 4. The highest BCUT2D eigenvalue weighted by Gasteiger charge is 2.07. The first-order valence-corrected chi connectivity index (χ1v) is 44.9. The van der Waals surface area contributed by atoms with Gasteiger partial charge >= 0.3 is 0 Å². The molecule has 0 bridgehead atoms. The number of aromatic nitrogens is 4. The summed E-state index contributed by atoms with van der Waals surface area (Å²) >= 11 is 0. The van der Waals surface area contributed by atoms with Crippen LogP contribution in [0.5, 0.6) is 23.0 Å². The topological polar surface area (TPSA) is 88.5 Å². The number of hydrogen-bond acceptors (Lipinski definition) is 8. The second-order valence-electron chi connectivity index (χ2n) is 30.8. The minimum atomic E-state index is 0.827. The Morgan fingerprint density at radius 1 is 0.164 bits per heavy atom. The molecule has 4 heterocycles. The molecule has 0 saturated carbocycles. The summed E-state index contributed by atoms with van der Waals surface area (Å²) in [6.07, 6.45) is 64.7. The predicted octanol–water partition coefficient (Wildman–Crippen LogP) is 28.6. The maximum atomic E-state index is 5.89. The van der Waals surface area contributed by atoms with Gasteiger partial charge in [-0.1, -0.05) is 295 Å². The Morgan fingerprint density at radius 3 is 0.527 bits per heavy atom. The van der Waals surface area contributed by atoms with Crippen molar-refractivity contribution in [3.63, 3.8) is 0 Å². The van der Waals surface area contributed by atoms with Crippen LogP contribution in [0.3, 0.4) is 0 Å². The minimum Gasteiger partial charge on any atom is -0.494 e. The van der Waals surface area contributed by atoms with Crippen LogP contribution in [0.2, 0.25) is 0 Å². The Hall–Kier alpha value is -7.32. The number of rotatable bonds is 58. The number of hydrogen-bond donors (Lipinski definition) is 0. The molecule has 0 unspecified atom stereocenters. The molecule has 0 amide bonds. The third kappa shape index (κ3) is 46.5. The van der Waals surface area contributed by atoms with Crippen molar-refractivity contribution in [3.05, 3.63) is 238 Å². The van der Waals surface area contributed by atoms with Gasteiger partial charge in [0.25, 0.3) is 0 Å². The van der Waals surface area contributed by atoms with Crippen LogP contribution in [-0.4, -0.2) is 46.4 Å². The Bertz CT molecular complexity index is 3350. The van der Waals surface area contributed by atoms with Gasteiger partial charge in [0.2, 0.25) is 0 Å². The summed E-state index contributed by atoms with van der Waals surface area (Å²) in [5.74, 6) is 3.96. The van der Waals surface area contributed by atoms with Crippen molar-refractivity contribution in [1.29, 1.82) is 0 Å². The highest BCUT2D eigenvalue weighted by Crippen LogP contribution is 2.22. The zero-order valence-electron chi connectivity index (χ0n) is 70.9. The van der Waals surface area contributed by atoms with E-state index < -0.39 is 0 Å². The van der Waals surface area contributed by atoms with Crippen molar-refractivity contribution < 1.29 is 18.9 Å². The first-order valence-electron chi connectivity index (χ1n) is 44.9. The maximum absolute atomic E-state index is 5.89. The number of aryl methyl sites for hydroxylation is 12. The molecular formula is C102H152N4O4. The summed E-state index contributed by atoms with van der Waals surface area (Å²) in [5, 5.41) is 0. The number of nitrogens with zero attached hydrogens (tertiary/aromatic N) is 4. The van der Waals surface area contributed by atoms with Gasteiger partial charge in [0.15, 0.2) is 0 Å². The van der Waals surface area contributed by atoms with Gasteiger partial charge < -0.3 is 18.9 Å². The molecule has 0 atom stereocenters. The van der Waals surface area contributed by atoms with E-state index in [0.29, 0.717) is 0 Å². The van der Waals surface area contributed by atoms with E-state index in [-0.39, 0.29) is 0 Å². The van der Waals surface area contributed by atoms with Crippen LogP contribution < -0.4 is 18.9 Å². The Kier molecular flexibility index (Phi) is 54.5. The van der Waals surface area contributed by atoms with E-state index in [1.807, 2.05) is 0 Å². The molecule has 604 valence electrons. The molecule has 4 aromatic heterocycles. The lowest BCUT2D eigenvalue weighted by Crippen LogP contribution is -1.98. The largest absolute Gasteiger partial charge is 0.494 e. The predicted molar refractivity (Wildman–Crippen MR) is 472 cm³/mol. The van der Waals surface area contributed by atoms with Crippen molar-refractivity contribution in [2.45, 2.75) is 351 Å². The van der Waals surface area contributed by atoms with Crippen molar-refractivity contribution >= 4 is 0 Å². The lowest BCUT2D eigenvalue weighted by Gasteiger charge is -2.08. The van der Waals surface area contributed by atoms with Gasteiger partial charge in [0.05, 0.1) is 26.4 Å². The second-order valence-corrected chi connectivity index (χ2v) is 30.8. The van der Waals surface area contributed by atoms with Crippen molar-refractivity contribution in [2.24, 2.45) is 0 Å². The van der Waals surface area contributed by atoms with E-state index in [1.54, 1.807) is 0 Å². The SMILES string of the molecule is CCCCCCCCCOc1ccc(CCc2ccc(CCCCC)cn2)cc1.CCCCCCCCOc1ccc(CCc2ccc(CCCCC)cn2)cc1.CCCCCCCOc1ccc(CCc2ccc(CCCCC)cn2)cc1.CCCCCCOc1ccc(CCc2ccc(CCCCC)cn2)cc1. The molecule has 0 N–H and O–H groups in total. The molecule has 4 aromatic carbocycles. The summed E-state index contributed by atoms with van der Waals surface area (Å²) in [5.41, 5.74) is 15.6. The molecule has 0 fully saturated rings. The standard InChI is InChI=1S/C27H41NO.C26H39NO.C25H37NO.C24H35NO/c1-3-5-7-8-9-10-12-22-29-27-20-16-24(17-21-27)14-18-26-19-15-25(23-28-26)13-11-6-4-2;1-3-5-7-8-9-11-21-28-26-19-15-23(16-20-26)13-17-25-18-14-24(22-27-25)12-10-6-4-2;1-3-5-7-8-10-20-27-25-18-14-22(15-19-25)12-16-24-17-13-23(21-26-24)11-9-6-4-2;1-3-5-7-9-19-26-24-17-13-21(14-18-24)11-15-23-16-12-22(20-25-23)10-8-6-4-2/h15-17,19-21,23H,3-14,18,22H2,1-2H3;14-16,18-20,22H,3-13,17,21H2,1-2H3;13-15,17-19,21H,3-12,16,20H2,1-2H3;12-14,16-18,20H,3-11,15,19H2,1-2H3. The van der Waals surface area contributed by atoms with E-state index in [4.69, 9.17) is 18.9 Å². The van der Waals surface area contributed by atoms with Gasteiger partial charge in [-0.2, -0.15) is 0 Å². The van der Waals surface area contributed by atoms with Crippen LogP contribution in [0.15, 0.2) is 170 Å². The summed E-state index contributed by atoms with van der Waals surface area (Å²) in [6, 6.07) is 52.1. The summed E-state index contributed by atoms with van der Waals surface area (Å²) in [6.45, 7) is 21.3.